The minimum Gasteiger partial charge on any atom is -0.486 e. The van der Waals surface area contributed by atoms with Crippen molar-refractivity contribution < 1.29 is 24.2 Å². The van der Waals surface area contributed by atoms with Crippen molar-refractivity contribution in [1.29, 1.82) is 0 Å². The maximum Gasteiger partial charge on any atom is 0.331 e. The second kappa shape index (κ2) is 6.34. The summed E-state index contributed by atoms with van der Waals surface area (Å²) in [6.07, 6.45) is 0.550. The van der Waals surface area contributed by atoms with Gasteiger partial charge in [-0.3, -0.25) is 4.79 Å². The van der Waals surface area contributed by atoms with E-state index in [0.29, 0.717) is 41.2 Å². The monoisotopic (exact) mass is 357 g/mol. The van der Waals surface area contributed by atoms with E-state index in [1.54, 1.807) is 26.0 Å². The summed E-state index contributed by atoms with van der Waals surface area (Å²) in [5.74, 6) is -0.0674. The topological polar surface area (TPSA) is 76.1 Å². The summed E-state index contributed by atoms with van der Waals surface area (Å²) in [5.41, 5.74) is 0.458. The number of carboxylic acids is 1. The van der Waals surface area contributed by atoms with E-state index in [2.05, 4.69) is 15.9 Å². The molecule has 1 heterocycles. The SMILES string of the molecule is CC(C)N(C=O)C(C(=O)O)c1cc(Br)c2c(c1)OCCO2. The number of fused-ring (bicyclic) bond motifs is 1. The van der Waals surface area contributed by atoms with Crippen molar-refractivity contribution in [2.24, 2.45) is 0 Å². The lowest BCUT2D eigenvalue weighted by Crippen LogP contribution is -2.38. The zero-order valence-electron chi connectivity index (χ0n) is 11.7. The van der Waals surface area contributed by atoms with E-state index in [-0.39, 0.29) is 6.04 Å². The second-order valence-electron chi connectivity index (χ2n) is 4.91. The molecule has 1 aromatic rings. The molecule has 0 bridgehead atoms. The van der Waals surface area contributed by atoms with Crippen LogP contribution in [0.1, 0.15) is 25.5 Å². The van der Waals surface area contributed by atoms with Crippen molar-refractivity contribution in [3.63, 3.8) is 0 Å². The number of amides is 1. The molecule has 1 amide bonds. The molecule has 1 aliphatic rings. The minimum absolute atomic E-state index is 0.240. The van der Waals surface area contributed by atoms with E-state index in [1.807, 2.05) is 0 Å². The van der Waals surface area contributed by atoms with Crippen molar-refractivity contribution in [2.45, 2.75) is 25.9 Å². The van der Waals surface area contributed by atoms with E-state index >= 15 is 0 Å². The van der Waals surface area contributed by atoms with Gasteiger partial charge in [-0.15, -0.1) is 0 Å². The lowest BCUT2D eigenvalue weighted by atomic mass is 10.0. The fourth-order valence-electron chi connectivity index (χ4n) is 2.21. The summed E-state index contributed by atoms with van der Waals surface area (Å²) in [4.78, 5) is 24.1. The highest BCUT2D eigenvalue weighted by Gasteiger charge is 2.30. The van der Waals surface area contributed by atoms with E-state index < -0.39 is 12.0 Å². The number of aliphatic carboxylic acids is 1. The Kier molecular flexibility index (Phi) is 4.72. The molecule has 0 radical (unpaired) electrons. The van der Waals surface area contributed by atoms with Gasteiger partial charge in [0, 0.05) is 6.04 Å². The molecule has 2 rings (SSSR count). The van der Waals surface area contributed by atoms with Crippen molar-refractivity contribution in [3.05, 3.63) is 22.2 Å². The molecule has 0 spiro atoms. The Bertz CT molecular complexity index is 561. The molecular formula is C14H16BrNO5. The highest BCUT2D eigenvalue weighted by molar-refractivity contribution is 9.10. The van der Waals surface area contributed by atoms with E-state index in [4.69, 9.17) is 9.47 Å². The fourth-order valence-corrected chi connectivity index (χ4v) is 2.79. The third kappa shape index (κ3) is 3.12. The summed E-state index contributed by atoms with van der Waals surface area (Å²) >= 11 is 3.35. The van der Waals surface area contributed by atoms with Crippen molar-refractivity contribution in [2.75, 3.05) is 13.2 Å². The number of hydrogen-bond acceptors (Lipinski definition) is 4. The predicted octanol–water partition coefficient (Wildman–Crippen LogP) is 2.21. The van der Waals surface area contributed by atoms with E-state index in [1.165, 1.54) is 4.90 Å². The molecule has 6 nitrogen and oxygen atoms in total. The Balaban J connectivity index is 2.48. The predicted molar refractivity (Wildman–Crippen MR) is 78.5 cm³/mol. The van der Waals surface area contributed by atoms with Gasteiger partial charge < -0.3 is 19.5 Å². The molecule has 21 heavy (non-hydrogen) atoms. The van der Waals surface area contributed by atoms with Crippen molar-refractivity contribution in [3.8, 4) is 11.5 Å². The highest BCUT2D eigenvalue weighted by atomic mass is 79.9. The number of benzene rings is 1. The molecule has 1 aliphatic heterocycles. The Hall–Kier alpha value is -1.76. The van der Waals surface area contributed by atoms with Crippen LogP contribution in [0.3, 0.4) is 0 Å². The van der Waals surface area contributed by atoms with Crippen LogP contribution in [0.25, 0.3) is 0 Å². The largest absolute Gasteiger partial charge is 0.486 e. The Morgan fingerprint density at radius 1 is 1.38 bits per heavy atom. The molecular weight excluding hydrogens is 342 g/mol. The number of carboxylic acid groups (broad SMARTS) is 1. The Labute approximate surface area is 130 Å². The normalized spacial score (nSPS) is 14.7. The lowest BCUT2D eigenvalue weighted by Gasteiger charge is -2.30. The van der Waals surface area contributed by atoms with Gasteiger partial charge in [-0.2, -0.15) is 0 Å². The van der Waals surface area contributed by atoms with Crippen molar-refractivity contribution in [1.82, 2.24) is 4.90 Å². The maximum atomic E-state index is 11.6. The van der Waals surface area contributed by atoms with Gasteiger partial charge in [-0.25, -0.2) is 4.79 Å². The van der Waals surface area contributed by atoms with E-state index in [0.717, 1.165) is 0 Å². The van der Waals surface area contributed by atoms with Gasteiger partial charge in [0.1, 0.15) is 13.2 Å². The zero-order valence-corrected chi connectivity index (χ0v) is 13.3. The molecule has 0 saturated carbocycles. The van der Waals surface area contributed by atoms with Crippen LogP contribution in [0.4, 0.5) is 0 Å². The molecule has 0 aromatic heterocycles. The average Bonchev–Trinajstić information content (AvgIpc) is 2.43. The van der Waals surface area contributed by atoms with Crippen LogP contribution in [0.2, 0.25) is 0 Å². The first-order chi connectivity index (χ1) is 9.95. The number of ether oxygens (including phenoxy) is 2. The molecule has 1 N–H and O–H groups in total. The standard InChI is InChI=1S/C14H16BrNO5/c1-8(2)16(7-17)12(14(18)19)9-5-10(15)13-11(6-9)20-3-4-21-13/h5-8,12H,3-4H2,1-2H3,(H,18,19). The van der Waals surface area contributed by atoms with Gasteiger partial charge in [-0.1, -0.05) is 0 Å². The Morgan fingerprint density at radius 3 is 2.62 bits per heavy atom. The number of carbonyl (C=O) groups is 2. The van der Waals surface area contributed by atoms with Gasteiger partial charge in [0.2, 0.25) is 6.41 Å². The molecule has 7 heteroatoms. The van der Waals surface area contributed by atoms with E-state index in [9.17, 15) is 14.7 Å². The summed E-state index contributed by atoms with van der Waals surface area (Å²) in [6.45, 7) is 4.37. The fraction of sp³-hybridized carbons (Fsp3) is 0.429. The smallest absolute Gasteiger partial charge is 0.331 e. The quantitative estimate of drug-likeness (QED) is 0.817. The third-order valence-electron chi connectivity index (χ3n) is 3.18. The van der Waals surface area contributed by atoms with Gasteiger partial charge in [0.15, 0.2) is 17.5 Å². The van der Waals surface area contributed by atoms with Crippen LogP contribution in [-0.2, 0) is 9.59 Å². The first kappa shape index (κ1) is 15.6. The number of halogens is 1. The van der Waals surface area contributed by atoms with Gasteiger partial charge in [0.05, 0.1) is 4.47 Å². The second-order valence-corrected chi connectivity index (χ2v) is 5.77. The summed E-state index contributed by atoms with van der Waals surface area (Å²) in [6, 6.07) is 1.94. The first-order valence-corrected chi connectivity index (χ1v) is 7.29. The van der Waals surface area contributed by atoms with Crippen LogP contribution < -0.4 is 9.47 Å². The van der Waals surface area contributed by atoms with Crippen LogP contribution in [0, 0.1) is 0 Å². The van der Waals surface area contributed by atoms with Gasteiger partial charge in [0.25, 0.3) is 0 Å². The van der Waals surface area contributed by atoms with Gasteiger partial charge in [-0.05, 0) is 47.5 Å². The van der Waals surface area contributed by atoms with Crippen LogP contribution >= 0.6 is 15.9 Å². The summed E-state index contributed by atoms with van der Waals surface area (Å²) in [7, 11) is 0. The third-order valence-corrected chi connectivity index (χ3v) is 3.77. The number of carbonyl (C=O) groups excluding carboxylic acids is 1. The number of rotatable bonds is 5. The molecule has 0 aliphatic carbocycles. The molecule has 1 unspecified atom stereocenters. The lowest BCUT2D eigenvalue weighted by molar-refractivity contribution is -0.148. The van der Waals surface area contributed by atoms with Crippen LogP contribution in [0.15, 0.2) is 16.6 Å². The van der Waals surface area contributed by atoms with Crippen LogP contribution in [-0.4, -0.2) is 41.6 Å². The van der Waals surface area contributed by atoms with Gasteiger partial charge >= 0.3 is 5.97 Å². The van der Waals surface area contributed by atoms with Crippen molar-refractivity contribution >= 4 is 28.3 Å². The first-order valence-electron chi connectivity index (χ1n) is 6.50. The zero-order chi connectivity index (χ0) is 15.6. The molecule has 1 aromatic carbocycles. The molecule has 1 atom stereocenters. The molecule has 0 fully saturated rings. The summed E-state index contributed by atoms with van der Waals surface area (Å²) in [5, 5.41) is 9.48. The molecule has 0 saturated heterocycles. The average molecular weight is 358 g/mol. The number of nitrogens with zero attached hydrogens (tertiary/aromatic N) is 1. The highest BCUT2D eigenvalue weighted by Crippen LogP contribution is 2.40. The van der Waals surface area contributed by atoms with Crippen LogP contribution in [0.5, 0.6) is 11.5 Å². The summed E-state index contributed by atoms with van der Waals surface area (Å²) < 4.78 is 11.6. The maximum absolute atomic E-state index is 11.6. The minimum atomic E-state index is -1.10. The molecule has 114 valence electrons. The Morgan fingerprint density at radius 2 is 2.05 bits per heavy atom. The number of hydrogen-bond donors (Lipinski definition) is 1.